The van der Waals surface area contributed by atoms with Gasteiger partial charge in [-0.1, -0.05) is 6.07 Å². The van der Waals surface area contributed by atoms with Gasteiger partial charge in [0.15, 0.2) is 11.5 Å². The Balaban J connectivity index is 1.29. The van der Waals surface area contributed by atoms with Gasteiger partial charge in [-0.2, -0.15) is 13.2 Å². The molecular formula is C32H38F3N3O6. The molecule has 3 aromatic rings. The highest BCUT2D eigenvalue weighted by molar-refractivity contribution is 5.86. The van der Waals surface area contributed by atoms with E-state index in [-0.39, 0.29) is 23.9 Å². The summed E-state index contributed by atoms with van der Waals surface area (Å²) in [5.74, 6) is 1.56. The second kappa shape index (κ2) is 12.6. The second-order valence-electron chi connectivity index (χ2n) is 12.1. The summed E-state index contributed by atoms with van der Waals surface area (Å²) in [6.45, 7) is 8.74. The first kappa shape index (κ1) is 31.5. The smallest absolute Gasteiger partial charge is 0.416 e. The van der Waals surface area contributed by atoms with Crippen molar-refractivity contribution in [1.82, 2.24) is 14.4 Å². The molecule has 12 heteroatoms. The quantitative estimate of drug-likeness (QED) is 0.336. The zero-order valence-corrected chi connectivity index (χ0v) is 25.4. The average Bonchev–Trinajstić information content (AvgIpc) is 2.97. The van der Waals surface area contributed by atoms with Crippen LogP contribution in [0.2, 0.25) is 0 Å². The van der Waals surface area contributed by atoms with Gasteiger partial charge in [0.05, 0.1) is 18.2 Å². The van der Waals surface area contributed by atoms with Gasteiger partial charge in [0, 0.05) is 50.2 Å². The van der Waals surface area contributed by atoms with Gasteiger partial charge >= 0.3 is 12.3 Å². The Morgan fingerprint density at radius 1 is 0.977 bits per heavy atom. The highest BCUT2D eigenvalue weighted by Crippen LogP contribution is 2.34. The molecule has 44 heavy (non-hydrogen) atoms. The molecule has 2 aromatic carbocycles. The molecule has 2 aliphatic rings. The molecule has 0 N–H and O–H groups in total. The standard InChI is InChI=1S/C32H38F3N3O6/c1-31(2,3)44-30(40)38(20-21-5-8-26-28(17-21)43-16-15-42-26)23-9-11-36(12-10-23)13-14-37-25-18-22(32(33,34)35)6-7-24(25)27(41-4)19-29(37)39/h5-8,17-19,23H,9-16,20H2,1-4H3. The van der Waals surface area contributed by atoms with Crippen LogP contribution in [0.1, 0.15) is 44.7 Å². The number of amides is 1. The van der Waals surface area contributed by atoms with Crippen LogP contribution < -0.4 is 19.8 Å². The number of halogens is 3. The molecule has 0 saturated carbocycles. The lowest BCUT2D eigenvalue weighted by molar-refractivity contribution is -0.137. The summed E-state index contributed by atoms with van der Waals surface area (Å²) >= 11 is 0. The van der Waals surface area contributed by atoms with Crippen LogP contribution >= 0.6 is 0 Å². The van der Waals surface area contributed by atoms with Crippen LogP contribution in [0.3, 0.4) is 0 Å². The lowest BCUT2D eigenvalue weighted by atomic mass is 10.0. The van der Waals surface area contributed by atoms with Crippen molar-refractivity contribution in [3.63, 3.8) is 0 Å². The summed E-state index contributed by atoms with van der Waals surface area (Å²) < 4.78 is 64.2. The van der Waals surface area contributed by atoms with Crippen LogP contribution in [0.4, 0.5) is 18.0 Å². The zero-order valence-electron chi connectivity index (χ0n) is 25.4. The fourth-order valence-corrected chi connectivity index (χ4v) is 5.67. The molecule has 1 amide bonds. The molecule has 5 rings (SSSR count). The Kier molecular flexibility index (Phi) is 9.01. The van der Waals surface area contributed by atoms with Gasteiger partial charge in [-0.25, -0.2) is 4.79 Å². The lowest BCUT2D eigenvalue weighted by Crippen LogP contribution is -2.49. The van der Waals surface area contributed by atoms with E-state index in [4.69, 9.17) is 18.9 Å². The third-order valence-corrected chi connectivity index (χ3v) is 7.85. The summed E-state index contributed by atoms with van der Waals surface area (Å²) in [5.41, 5.74) is -0.851. The zero-order chi connectivity index (χ0) is 31.6. The predicted octanol–water partition coefficient (Wildman–Crippen LogP) is 5.70. The topological polar surface area (TPSA) is 82.5 Å². The maximum Gasteiger partial charge on any atom is 0.416 e. The van der Waals surface area contributed by atoms with Crippen LogP contribution in [0.25, 0.3) is 10.9 Å². The van der Waals surface area contributed by atoms with Crippen molar-refractivity contribution in [2.75, 3.05) is 40.0 Å². The fraction of sp³-hybridized carbons (Fsp3) is 0.500. The number of likely N-dealkylation sites (tertiary alicyclic amines) is 1. The van der Waals surface area contributed by atoms with Gasteiger partial charge in [-0.15, -0.1) is 0 Å². The largest absolute Gasteiger partial charge is 0.496 e. The highest BCUT2D eigenvalue weighted by Gasteiger charge is 2.33. The van der Waals surface area contributed by atoms with Gasteiger partial charge in [0.2, 0.25) is 0 Å². The minimum atomic E-state index is -4.54. The SMILES string of the molecule is COc1cc(=O)n(CCN2CCC(N(Cc3ccc4c(c3)OCCO4)C(=O)OC(C)(C)C)CC2)c2cc(C(F)(F)F)ccc12. The molecule has 0 spiro atoms. The van der Waals surface area contributed by atoms with Gasteiger partial charge in [-0.05, 0) is 69.5 Å². The summed E-state index contributed by atoms with van der Waals surface area (Å²) in [6, 6.07) is 10.2. The molecule has 0 atom stereocenters. The predicted molar refractivity (Wildman–Crippen MR) is 158 cm³/mol. The molecule has 9 nitrogen and oxygen atoms in total. The van der Waals surface area contributed by atoms with Crippen LogP contribution in [0.15, 0.2) is 47.3 Å². The van der Waals surface area contributed by atoms with E-state index in [0.717, 1.165) is 17.7 Å². The number of hydrogen-bond acceptors (Lipinski definition) is 7. The third-order valence-electron chi connectivity index (χ3n) is 7.85. The van der Waals surface area contributed by atoms with Crippen LogP contribution in [-0.4, -0.2) is 72.1 Å². The molecule has 0 bridgehead atoms. The molecule has 1 fully saturated rings. The second-order valence-corrected chi connectivity index (χ2v) is 12.1. The Morgan fingerprint density at radius 3 is 2.34 bits per heavy atom. The maximum absolute atomic E-state index is 13.5. The van der Waals surface area contributed by atoms with E-state index in [1.54, 1.807) is 4.90 Å². The van der Waals surface area contributed by atoms with Crippen molar-refractivity contribution in [1.29, 1.82) is 0 Å². The Hall–Kier alpha value is -3.93. The van der Waals surface area contributed by atoms with E-state index >= 15 is 0 Å². The third kappa shape index (κ3) is 7.23. The van der Waals surface area contributed by atoms with E-state index in [1.807, 2.05) is 39.0 Å². The molecule has 3 heterocycles. The summed E-state index contributed by atoms with van der Waals surface area (Å²) in [5, 5.41) is 0.436. The van der Waals surface area contributed by atoms with Gasteiger partial charge in [-0.3, -0.25) is 4.79 Å². The highest BCUT2D eigenvalue weighted by atomic mass is 19.4. The number of aromatic nitrogens is 1. The molecule has 1 aromatic heterocycles. The van der Waals surface area contributed by atoms with E-state index < -0.39 is 29.0 Å². The number of hydrogen-bond donors (Lipinski definition) is 0. The number of rotatable bonds is 7. The number of methoxy groups -OCH3 is 1. The summed E-state index contributed by atoms with van der Waals surface area (Å²) in [4.78, 5) is 30.2. The number of nitrogens with zero attached hydrogens (tertiary/aromatic N) is 3. The molecule has 1 saturated heterocycles. The molecule has 0 radical (unpaired) electrons. The van der Waals surface area contributed by atoms with Crippen molar-refractivity contribution < 1.29 is 36.9 Å². The first-order valence-corrected chi connectivity index (χ1v) is 14.7. The Labute approximate surface area is 254 Å². The van der Waals surface area contributed by atoms with E-state index in [1.165, 1.54) is 23.8 Å². The minimum absolute atomic E-state index is 0.0896. The molecule has 238 valence electrons. The van der Waals surface area contributed by atoms with Crippen LogP contribution in [0.5, 0.6) is 17.2 Å². The number of ether oxygens (including phenoxy) is 4. The Bertz CT molecular complexity index is 1560. The van der Waals surface area contributed by atoms with Crippen molar-refractivity contribution in [3.8, 4) is 17.2 Å². The number of carbonyl (C=O) groups is 1. The van der Waals surface area contributed by atoms with E-state index in [9.17, 15) is 22.8 Å². The molecule has 2 aliphatic heterocycles. The number of pyridine rings is 1. The monoisotopic (exact) mass is 617 g/mol. The lowest BCUT2D eigenvalue weighted by Gasteiger charge is -2.39. The summed E-state index contributed by atoms with van der Waals surface area (Å²) in [7, 11) is 1.38. The van der Waals surface area contributed by atoms with E-state index in [0.29, 0.717) is 69.1 Å². The maximum atomic E-state index is 13.5. The molecular weight excluding hydrogens is 579 g/mol. The average molecular weight is 618 g/mol. The van der Waals surface area contributed by atoms with Crippen LogP contribution in [-0.2, 0) is 24.0 Å². The number of benzene rings is 2. The van der Waals surface area contributed by atoms with Crippen molar-refractivity contribution in [2.24, 2.45) is 0 Å². The molecule has 0 unspecified atom stereocenters. The first-order valence-electron chi connectivity index (χ1n) is 14.7. The Morgan fingerprint density at radius 2 is 1.68 bits per heavy atom. The van der Waals surface area contributed by atoms with Gasteiger partial charge in [0.1, 0.15) is 24.6 Å². The minimum Gasteiger partial charge on any atom is -0.496 e. The number of fused-ring (bicyclic) bond motifs is 2. The van der Waals surface area contributed by atoms with Crippen molar-refractivity contribution in [2.45, 2.75) is 64.5 Å². The van der Waals surface area contributed by atoms with Gasteiger partial charge in [0.25, 0.3) is 5.56 Å². The van der Waals surface area contributed by atoms with Gasteiger partial charge < -0.3 is 33.3 Å². The number of alkyl halides is 3. The van der Waals surface area contributed by atoms with Crippen LogP contribution in [0, 0.1) is 0 Å². The number of piperidine rings is 1. The normalized spacial score (nSPS) is 16.2. The van der Waals surface area contributed by atoms with Crippen molar-refractivity contribution >= 4 is 17.0 Å². The van der Waals surface area contributed by atoms with Crippen molar-refractivity contribution in [3.05, 3.63) is 63.9 Å². The first-order chi connectivity index (χ1) is 20.8. The molecule has 0 aliphatic carbocycles. The summed E-state index contributed by atoms with van der Waals surface area (Å²) in [6.07, 6.45) is -3.61. The number of carbonyl (C=O) groups excluding carboxylic acids is 1. The van der Waals surface area contributed by atoms with E-state index in [2.05, 4.69) is 4.90 Å². The fourth-order valence-electron chi connectivity index (χ4n) is 5.67.